The summed E-state index contributed by atoms with van der Waals surface area (Å²) in [6.45, 7) is 22.3. The third-order valence-electron chi connectivity index (χ3n) is 7.64. The molecule has 2 amide bonds. The molecule has 0 spiro atoms. The van der Waals surface area contributed by atoms with E-state index in [-0.39, 0.29) is 43.0 Å². The van der Waals surface area contributed by atoms with Gasteiger partial charge in [-0.15, -0.1) is 0 Å². The van der Waals surface area contributed by atoms with E-state index in [1.165, 1.54) is 12.2 Å². The molecule has 2 fully saturated rings. The number of carbonyl (C=O) groups is 6. The van der Waals surface area contributed by atoms with Gasteiger partial charge in [0.15, 0.2) is 15.6 Å². The molecule has 0 aliphatic heterocycles. The lowest BCUT2D eigenvalue weighted by atomic mass is 9.73. The Morgan fingerprint density at radius 2 is 1.44 bits per heavy atom. The fourth-order valence-electron chi connectivity index (χ4n) is 4.94. The summed E-state index contributed by atoms with van der Waals surface area (Å²) in [6, 6.07) is 8.47. The molecule has 0 bridgehead atoms. The van der Waals surface area contributed by atoms with Gasteiger partial charge in [-0.3, -0.25) is 19.2 Å². The summed E-state index contributed by atoms with van der Waals surface area (Å²) < 4.78 is 42.2. The second-order valence-corrected chi connectivity index (χ2v) is 16.8. The van der Waals surface area contributed by atoms with Crippen LogP contribution < -0.4 is 5.32 Å². The number of nitrogens with one attached hydrogen (secondary N) is 1. The van der Waals surface area contributed by atoms with Crippen LogP contribution in [0.2, 0.25) is 0 Å². The van der Waals surface area contributed by atoms with Gasteiger partial charge in [-0.25, -0.2) is 18.0 Å². The number of benzene rings is 1. The molecule has 15 heteroatoms. The van der Waals surface area contributed by atoms with Crippen LogP contribution in [-0.4, -0.2) is 87.5 Å². The predicted molar refractivity (Wildman–Crippen MR) is 209 cm³/mol. The largest absolute Gasteiger partial charge is 0.461 e. The topological polar surface area (TPSA) is 198 Å². The molecule has 0 radical (unpaired) electrons. The first kappa shape index (κ1) is 50.3. The number of esters is 2. The molecule has 2 atom stereocenters. The number of amides is 2. The average Bonchev–Trinajstić information content (AvgIpc) is 3.12. The summed E-state index contributed by atoms with van der Waals surface area (Å²) in [7, 11) is -3.00. The number of hydrogen-bond acceptors (Lipinski definition) is 12. The number of Topliss-reactive ketones (excluding diaryl/α,β-unsaturated/α-hetero) is 2. The molecule has 3 rings (SSSR count). The van der Waals surface area contributed by atoms with Gasteiger partial charge in [-0.1, -0.05) is 63.3 Å². The predicted octanol–water partition coefficient (Wildman–Crippen LogP) is 6.95. The number of rotatable bonds is 10. The fraction of sp³-hybridized carbons (Fsp3) is 0.575. The van der Waals surface area contributed by atoms with Crippen LogP contribution in [0.1, 0.15) is 99.8 Å². The summed E-state index contributed by atoms with van der Waals surface area (Å²) in [6.07, 6.45) is 6.88. The lowest BCUT2D eigenvalue weighted by Gasteiger charge is -2.33. The first-order valence-electron chi connectivity index (χ1n) is 18.1. The van der Waals surface area contributed by atoms with Gasteiger partial charge in [0.05, 0.1) is 10.6 Å². The molecule has 55 heavy (non-hydrogen) atoms. The second kappa shape index (κ2) is 24.7. The number of carbonyl (C=O) groups excluding carboxylic acids is 6. The van der Waals surface area contributed by atoms with Crippen molar-refractivity contribution in [1.29, 1.82) is 0 Å². The van der Waals surface area contributed by atoms with E-state index in [1.807, 2.05) is 0 Å². The van der Waals surface area contributed by atoms with E-state index in [9.17, 15) is 37.2 Å². The van der Waals surface area contributed by atoms with Crippen molar-refractivity contribution in [3.8, 4) is 0 Å². The summed E-state index contributed by atoms with van der Waals surface area (Å²) in [5.41, 5.74) is -2.41. The second-order valence-electron chi connectivity index (χ2n) is 14.5. The van der Waals surface area contributed by atoms with Crippen LogP contribution in [0.15, 0.2) is 65.5 Å². The number of alkyl carbamates (subject to hydrolysis) is 1. The number of sulfone groups is 1. The SMILES string of the molecule is C=CCOC(=O)C1(CNC(=O)OC(C)(C)C)CCCCC1=O.C=CCOC(=O)C1CCCCC1=O.C=NC(=O)OC(C)(C)C.CCS(=O)(=O)c1ccccc1. The van der Waals surface area contributed by atoms with Crippen molar-refractivity contribution in [2.75, 3.05) is 25.5 Å². The highest BCUT2D eigenvalue weighted by molar-refractivity contribution is 7.91. The molecule has 1 N–H and O–H groups in total. The summed E-state index contributed by atoms with van der Waals surface area (Å²) >= 11 is 0. The first-order chi connectivity index (χ1) is 25.6. The minimum atomic E-state index is -3.00. The number of aliphatic imine (C=N–C) groups is 1. The average molecular weight is 793 g/mol. The quantitative estimate of drug-likeness (QED) is 0.0843. The van der Waals surface area contributed by atoms with Crippen LogP contribution in [-0.2, 0) is 48.0 Å². The molecule has 2 saturated carbocycles. The van der Waals surface area contributed by atoms with Crippen molar-refractivity contribution >= 4 is 52.2 Å². The normalized spacial score (nSPS) is 18.1. The smallest absolute Gasteiger partial charge is 0.433 e. The lowest BCUT2D eigenvalue weighted by Crippen LogP contribution is -2.51. The molecule has 308 valence electrons. The maximum Gasteiger partial charge on any atom is 0.433 e. The fourth-order valence-corrected chi connectivity index (χ4v) is 5.84. The third-order valence-corrected chi connectivity index (χ3v) is 9.39. The highest BCUT2D eigenvalue weighted by atomic mass is 32.2. The van der Waals surface area contributed by atoms with Gasteiger partial charge in [0.1, 0.15) is 41.5 Å². The van der Waals surface area contributed by atoms with Crippen molar-refractivity contribution < 1.29 is 56.1 Å². The number of ether oxygens (including phenoxy) is 4. The van der Waals surface area contributed by atoms with E-state index in [1.54, 1.807) is 78.8 Å². The Morgan fingerprint density at radius 1 is 0.873 bits per heavy atom. The van der Waals surface area contributed by atoms with Crippen molar-refractivity contribution in [3.63, 3.8) is 0 Å². The van der Waals surface area contributed by atoms with Gasteiger partial charge >= 0.3 is 24.1 Å². The highest BCUT2D eigenvalue weighted by Gasteiger charge is 2.48. The number of nitrogens with zero attached hydrogens (tertiary/aromatic N) is 1. The molecule has 2 aliphatic rings. The highest BCUT2D eigenvalue weighted by Crippen LogP contribution is 2.34. The number of ketones is 2. The van der Waals surface area contributed by atoms with Gasteiger partial charge in [-0.2, -0.15) is 4.99 Å². The molecule has 0 saturated heterocycles. The zero-order chi connectivity index (χ0) is 42.3. The van der Waals surface area contributed by atoms with Crippen LogP contribution in [0.5, 0.6) is 0 Å². The maximum atomic E-state index is 12.3. The van der Waals surface area contributed by atoms with Gasteiger partial charge < -0.3 is 24.3 Å². The Hall–Kier alpha value is -4.66. The minimum absolute atomic E-state index is 0.0281. The zero-order valence-corrected chi connectivity index (χ0v) is 34.3. The van der Waals surface area contributed by atoms with E-state index < -0.39 is 50.5 Å². The van der Waals surface area contributed by atoms with Crippen molar-refractivity contribution in [2.24, 2.45) is 16.3 Å². The van der Waals surface area contributed by atoms with Crippen LogP contribution >= 0.6 is 0 Å². The van der Waals surface area contributed by atoms with Gasteiger partial charge in [0, 0.05) is 19.4 Å². The standard InChI is InChI=1S/C16H25NO5.C10H14O3.C8H10O2S.C6H11NO2/c1-5-10-21-13(19)16(9-7-6-8-12(16)18)11-17-14(20)22-15(2,3)4;1-2-7-13-10(12)8-5-3-4-6-9(8)11;1-2-11(9,10)8-6-4-3-5-7-8;1-6(2,3)9-5(8)7-4/h5H,1,6-11H2,2-4H3,(H,17,20);2,8H,1,3-7H2;3-7H,2H2,1H3;4H2,1-3H3. The molecule has 1 aromatic rings. The van der Waals surface area contributed by atoms with E-state index in [2.05, 4.69) is 30.2 Å². The zero-order valence-electron chi connectivity index (χ0n) is 33.5. The molecule has 0 heterocycles. The summed E-state index contributed by atoms with van der Waals surface area (Å²) in [5, 5.41) is 2.53. The van der Waals surface area contributed by atoms with Gasteiger partial charge in [-0.05, 0) is 86.1 Å². The Balaban J connectivity index is 0.000000756. The van der Waals surface area contributed by atoms with Crippen molar-refractivity contribution in [2.45, 2.75) is 116 Å². The van der Waals surface area contributed by atoms with E-state index >= 15 is 0 Å². The monoisotopic (exact) mass is 792 g/mol. The molecule has 2 aliphatic carbocycles. The Kier molecular flexibility index (Phi) is 22.6. The molecule has 14 nitrogen and oxygen atoms in total. The Bertz CT molecular complexity index is 1560. The van der Waals surface area contributed by atoms with Crippen molar-refractivity contribution in [1.82, 2.24) is 5.32 Å². The molecule has 1 aromatic carbocycles. The Labute approximate surface area is 326 Å². The number of hydrogen-bond donors (Lipinski definition) is 1. The summed E-state index contributed by atoms with van der Waals surface area (Å²) in [5.74, 6) is -1.49. The van der Waals surface area contributed by atoms with E-state index in [0.29, 0.717) is 30.6 Å². The van der Waals surface area contributed by atoms with Crippen LogP contribution in [0.3, 0.4) is 0 Å². The minimum Gasteiger partial charge on any atom is -0.461 e. The van der Waals surface area contributed by atoms with Crippen LogP contribution in [0.4, 0.5) is 9.59 Å². The van der Waals surface area contributed by atoms with Gasteiger partial charge in [0.25, 0.3) is 0 Å². The maximum absolute atomic E-state index is 12.3. The first-order valence-corrected chi connectivity index (χ1v) is 19.8. The van der Waals surface area contributed by atoms with Gasteiger partial charge in [0.2, 0.25) is 0 Å². The summed E-state index contributed by atoms with van der Waals surface area (Å²) in [4.78, 5) is 72.8. The van der Waals surface area contributed by atoms with Crippen molar-refractivity contribution in [3.05, 3.63) is 55.6 Å². The molecule has 0 aromatic heterocycles. The lowest BCUT2D eigenvalue weighted by molar-refractivity contribution is -0.161. The third kappa shape index (κ3) is 20.6. The van der Waals surface area contributed by atoms with E-state index in [0.717, 1.165) is 25.7 Å². The van der Waals surface area contributed by atoms with Crippen LogP contribution in [0.25, 0.3) is 0 Å². The molecular weight excluding hydrogens is 733 g/mol. The van der Waals surface area contributed by atoms with E-state index in [4.69, 9.17) is 18.9 Å². The molecule has 2 unspecified atom stereocenters. The molecular formula is C40H60N2O12S. The Morgan fingerprint density at radius 3 is 1.91 bits per heavy atom. The van der Waals surface area contributed by atoms with Crippen LogP contribution in [0, 0.1) is 11.3 Å².